The molecule has 0 spiro atoms. The molecule has 0 bridgehead atoms. The number of hydrogen-bond acceptors (Lipinski definition) is 4. The molecule has 0 saturated heterocycles. The van der Waals surface area contributed by atoms with Gasteiger partial charge >= 0.3 is 0 Å². The van der Waals surface area contributed by atoms with Crippen molar-refractivity contribution in [3.63, 3.8) is 0 Å². The first-order valence-electron chi connectivity index (χ1n) is 9.14. The number of ether oxygens (including phenoxy) is 1. The van der Waals surface area contributed by atoms with Gasteiger partial charge in [-0.15, -0.1) is 24.0 Å². The maximum Gasteiger partial charge on any atom is 0.229 e. The van der Waals surface area contributed by atoms with Crippen molar-refractivity contribution in [2.75, 3.05) is 29.4 Å². The third-order valence-electron chi connectivity index (χ3n) is 4.14. The van der Waals surface area contributed by atoms with Gasteiger partial charge in [-0.05, 0) is 42.2 Å². The molecule has 0 aliphatic carbocycles. The molecule has 2 aromatic carbocycles. The highest BCUT2D eigenvalue weighted by molar-refractivity contribution is 14.0. The normalized spacial score (nSPS) is 12.6. The van der Waals surface area contributed by atoms with Gasteiger partial charge in [-0.2, -0.15) is 0 Å². The Kier molecular flexibility index (Phi) is 10.2. The van der Waals surface area contributed by atoms with Crippen LogP contribution >= 0.6 is 24.0 Å². The van der Waals surface area contributed by atoms with Crippen LogP contribution in [0.4, 0.5) is 11.4 Å². The smallest absolute Gasteiger partial charge is 0.229 e. The first-order chi connectivity index (χ1) is 13.3. The van der Waals surface area contributed by atoms with Crippen LogP contribution in [0.25, 0.3) is 0 Å². The molecule has 0 fully saturated rings. The largest absolute Gasteiger partial charge is 0.492 e. The van der Waals surface area contributed by atoms with Gasteiger partial charge in [-0.1, -0.05) is 32.0 Å². The molecular weight excluding hydrogens is 503 g/mol. The van der Waals surface area contributed by atoms with Gasteiger partial charge in [0.15, 0.2) is 5.96 Å². The highest BCUT2D eigenvalue weighted by Gasteiger charge is 2.04. The van der Waals surface area contributed by atoms with Crippen LogP contribution in [0.2, 0.25) is 0 Å². The SMILES string of the molecule is CCC(C)c1ccc(NC(N)=NCCOc2cccc(NS(C)(=O)=O)c2)cc1.I. The topological polar surface area (TPSA) is 106 Å². The van der Waals surface area contributed by atoms with E-state index in [0.717, 1.165) is 18.4 Å². The van der Waals surface area contributed by atoms with Crippen molar-refractivity contribution in [1.29, 1.82) is 0 Å². The molecule has 0 saturated carbocycles. The molecule has 1 atom stereocenters. The average Bonchev–Trinajstić information content (AvgIpc) is 2.64. The van der Waals surface area contributed by atoms with Gasteiger partial charge in [0.05, 0.1) is 18.5 Å². The van der Waals surface area contributed by atoms with Crippen LogP contribution in [0, 0.1) is 0 Å². The van der Waals surface area contributed by atoms with Crippen LogP contribution in [-0.4, -0.2) is 33.8 Å². The minimum Gasteiger partial charge on any atom is -0.492 e. The number of guanidine groups is 1. The van der Waals surface area contributed by atoms with E-state index in [4.69, 9.17) is 10.5 Å². The van der Waals surface area contributed by atoms with Gasteiger partial charge in [-0.25, -0.2) is 13.4 Å². The fourth-order valence-corrected chi connectivity index (χ4v) is 3.07. The second-order valence-corrected chi connectivity index (χ2v) is 8.32. The molecule has 160 valence electrons. The van der Waals surface area contributed by atoms with Gasteiger partial charge in [0.2, 0.25) is 10.0 Å². The Morgan fingerprint density at radius 3 is 2.48 bits per heavy atom. The average molecular weight is 532 g/mol. The van der Waals surface area contributed by atoms with Gasteiger partial charge in [0.1, 0.15) is 12.4 Å². The zero-order valence-corrected chi connectivity index (χ0v) is 20.0. The highest BCUT2D eigenvalue weighted by Crippen LogP contribution is 2.20. The van der Waals surface area contributed by atoms with Crippen LogP contribution in [0.5, 0.6) is 5.75 Å². The van der Waals surface area contributed by atoms with E-state index in [2.05, 4.69) is 41.0 Å². The van der Waals surface area contributed by atoms with Crippen LogP contribution < -0.4 is 20.5 Å². The number of nitrogens with one attached hydrogen (secondary N) is 2. The summed E-state index contributed by atoms with van der Waals surface area (Å²) in [6, 6.07) is 14.9. The number of halogens is 1. The molecule has 7 nitrogen and oxygen atoms in total. The lowest BCUT2D eigenvalue weighted by Crippen LogP contribution is -2.23. The van der Waals surface area contributed by atoms with E-state index >= 15 is 0 Å². The second-order valence-electron chi connectivity index (χ2n) is 6.57. The number of anilines is 2. The maximum absolute atomic E-state index is 11.3. The summed E-state index contributed by atoms with van der Waals surface area (Å²) in [5, 5.41) is 3.06. The summed E-state index contributed by atoms with van der Waals surface area (Å²) < 4.78 is 30.5. The molecule has 4 N–H and O–H groups in total. The minimum atomic E-state index is -3.32. The van der Waals surface area contributed by atoms with Crippen LogP contribution in [0.3, 0.4) is 0 Å². The lowest BCUT2D eigenvalue weighted by Gasteiger charge is -2.11. The van der Waals surface area contributed by atoms with Crippen molar-refractivity contribution >= 4 is 51.3 Å². The summed E-state index contributed by atoms with van der Waals surface area (Å²) in [6.07, 6.45) is 2.20. The number of nitrogens with zero attached hydrogens (tertiary/aromatic N) is 1. The Morgan fingerprint density at radius 2 is 1.86 bits per heavy atom. The molecule has 0 amide bonds. The molecule has 0 aliphatic heterocycles. The lowest BCUT2D eigenvalue weighted by molar-refractivity contribution is 0.329. The number of aliphatic imine (C=N–C) groups is 1. The molecule has 0 aliphatic rings. The van der Waals surface area contributed by atoms with E-state index in [0.29, 0.717) is 36.5 Å². The van der Waals surface area contributed by atoms with Crippen molar-refractivity contribution in [3.05, 3.63) is 54.1 Å². The van der Waals surface area contributed by atoms with E-state index in [-0.39, 0.29) is 24.0 Å². The van der Waals surface area contributed by atoms with E-state index in [1.54, 1.807) is 24.3 Å². The fraction of sp³-hybridized carbons (Fsp3) is 0.350. The van der Waals surface area contributed by atoms with Crippen molar-refractivity contribution in [2.24, 2.45) is 10.7 Å². The van der Waals surface area contributed by atoms with Gasteiger partial charge in [0.25, 0.3) is 0 Å². The first-order valence-corrected chi connectivity index (χ1v) is 11.0. The standard InChI is InChI=1S/C20H28N4O3S.HI/c1-4-15(2)16-8-10-17(11-9-16)23-20(21)22-12-13-27-19-7-5-6-18(14-19)24-28(3,25)26;/h5-11,14-15,24H,4,12-13H2,1-3H3,(H3,21,22,23);1H. The van der Waals surface area contributed by atoms with Crippen LogP contribution in [0.1, 0.15) is 31.7 Å². The predicted octanol–water partition coefficient (Wildman–Crippen LogP) is 4.00. The van der Waals surface area contributed by atoms with Gasteiger partial charge in [0, 0.05) is 11.8 Å². The molecule has 1 unspecified atom stereocenters. The number of nitrogens with two attached hydrogens (primary N) is 1. The Bertz CT molecular complexity index is 902. The number of benzene rings is 2. The van der Waals surface area contributed by atoms with Gasteiger partial charge in [-0.3, -0.25) is 4.72 Å². The summed E-state index contributed by atoms with van der Waals surface area (Å²) >= 11 is 0. The number of hydrogen-bond donors (Lipinski definition) is 3. The fourth-order valence-electron chi connectivity index (χ4n) is 2.51. The minimum absolute atomic E-state index is 0. The predicted molar refractivity (Wildman–Crippen MR) is 131 cm³/mol. The van der Waals surface area contributed by atoms with Crippen LogP contribution in [0.15, 0.2) is 53.5 Å². The zero-order valence-electron chi connectivity index (χ0n) is 16.9. The lowest BCUT2D eigenvalue weighted by atomic mass is 9.99. The van der Waals surface area contributed by atoms with Crippen molar-refractivity contribution in [3.8, 4) is 5.75 Å². The van der Waals surface area contributed by atoms with Crippen molar-refractivity contribution in [1.82, 2.24) is 0 Å². The molecule has 0 heterocycles. The van der Waals surface area contributed by atoms with Crippen molar-refractivity contribution < 1.29 is 13.2 Å². The quantitative estimate of drug-likeness (QED) is 0.196. The molecule has 2 aromatic rings. The monoisotopic (exact) mass is 532 g/mol. The number of sulfonamides is 1. The summed E-state index contributed by atoms with van der Waals surface area (Å²) in [6.45, 7) is 5.05. The van der Waals surface area contributed by atoms with E-state index in [1.165, 1.54) is 5.56 Å². The zero-order chi connectivity index (χ0) is 20.6. The molecule has 0 aromatic heterocycles. The third-order valence-corrected chi connectivity index (χ3v) is 4.75. The number of rotatable bonds is 9. The summed E-state index contributed by atoms with van der Waals surface area (Å²) in [5.41, 5.74) is 8.54. The Labute approximate surface area is 190 Å². The first kappa shape index (κ1) is 25.0. The van der Waals surface area contributed by atoms with E-state index in [9.17, 15) is 8.42 Å². The maximum atomic E-state index is 11.3. The second kappa shape index (κ2) is 11.9. The highest BCUT2D eigenvalue weighted by atomic mass is 127. The van der Waals surface area contributed by atoms with Crippen molar-refractivity contribution in [2.45, 2.75) is 26.2 Å². The van der Waals surface area contributed by atoms with E-state index in [1.807, 2.05) is 12.1 Å². The molecule has 29 heavy (non-hydrogen) atoms. The Morgan fingerprint density at radius 1 is 1.17 bits per heavy atom. The summed E-state index contributed by atoms with van der Waals surface area (Å²) in [7, 11) is -3.32. The third kappa shape index (κ3) is 9.35. The van der Waals surface area contributed by atoms with E-state index < -0.39 is 10.0 Å². The van der Waals surface area contributed by atoms with Gasteiger partial charge < -0.3 is 15.8 Å². The molecule has 2 rings (SSSR count). The molecule has 9 heteroatoms. The Hall–Kier alpha value is -2.01. The molecular formula is C20H29IN4O3S. The Balaban J connectivity index is 0.00000420. The summed E-state index contributed by atoms with van der Waals surface area (Å²) in [4.78, 5) is 4.24. The van der Waals surface area contributed by atoms with Crippen LogP contribution in [-0.2, 0) is 10.0 Å². The summed E-state index contributed by atoms with van der Waals surface area (Å²) in [5.74, 6) is 1.40. The molecule has 0 radical (unpaired) electrons.